The Labute approximate surface area is 148 Å². The molecule has 1 aliphatic heterocycles. The summed E-state index contributed by atoms with van der Waals surface area (Å²) in [6.45, 7) is 6.83. The highest BCUT2D eigenvalue weighted by atomic mass is 16.5. The van der Waals surface area contributed by atoms with Gasteiger partial charge in [0.25, 0.3) is 11.8 Å². The fraction of sp³-hybridized carbons (Fsp3) is 0.556. The molecule has 1 aliphatic rings. The summed E-state index contributed by atoms with van der Waals surface area (Å²) in [5.74, 6) is 0.659. The van der Waals surface area contributed by atoms with Gasteiger partial charge in [-0.2, -0.15) is 0 Å². The van der Waals surface area contributed by atoms with E-state index < -0.39 is 0 Å². The third-order valence-corrected chi connectivity index (χ3v) is 3.85. The van der Waals surface area contributed by atoms with Gasteiger partial charge in [0.15, 0.2) is 18.1 Å². The second-order valence-corrected chi connectivity index (χ2v) is 6.27. The molecule has 1 fully saturated rings. The van der Waals surface area contributed by atoms with Crippen LogP contribution in [0, 0.1) is 0 Å². The number of carbonyl (C=O) groups is 2. The van der Waals surface area contributed by atoms with Crippen molar-refractivity contribution in [3.05, 3.63) is 23.8 Å². The molecular weight excluding hydrogens is 322 g/mol. The number of carbonyl (C=O) groups excluding carboxylic acids is 2. The molecule has 25 heavy (non-hydrogen) atoms. The topological polar surface area (TPSA) is 79.9 Å². The van der Waals surface area contributed by atoms with Gasteiger partial charge >= 0.3 is 0 Å². The van der Waals surface area contributed by atoms with Gasteiger partial charge in [-0.3, -0.25) is 9.59 Å². The molecule has 0 radical (unpaired) electrons. The van der Waals surface area contributed by atoms with E-state index in [0.29, 0.717) is 23.6 Å². The van der Waals surface area contributed by atoms with Crippen LogP contribution in [0.3, 0.4) is 0 Å². The van der Waals surface area contributed by atoms with E-state index in [4.69, 9.17) is 9.47 Å². The van der Waals surface area contributed by atoms with Crippen molar-refractivity contribution >= 4 is 11.8 Å². The van der Waals surface area contributed by atoms with E-state index in [-0.39, 0.29) is 24.5 Å². The highest BCUT2D eigenvalue weighted by Gasteiger charge is 2.19. The van der Waals surface area contributed by atoms with Crippen molar-refractivity contribution in [2.24, 2.45) is 0 Å². The predicted octanol–water partition coefficient (Wildman–Crippen LogP) is 1.03. The van der Waals surface area contributed by atoms with Gasteiger partial charge in [0.2, 0.25) is 0 Å². The van der Waals surface area contributed by atoms with Crippen molar-refractivity contribution in [3.8, 4) is 11.5 Å². The smallest absolute Gasteiger partial charge is 0.258 e. The van der Waals surface area contributed by atoms with Gasteiger partial charge in [-0.25, -0.2) is 0 Å². The lowest BCUT2D eigenvalue weighted by atomic mass is 10.1. The average Bonchev–Trinajstić information content (AvgIpc) is 2.88. The minimum Gasteiger partial charge on any atom is -0.493 e. The molecule has 1 aromatic carbocycles. The molecule has 1 aromatic rings. The molecule has 0 unspecified atom stereocenters. The summed E-state index contributed by atoms with van der Waals surface area (Å²) in [7, 11) is 1.51. The highest BCUT2D eigenvalue weighted by molar-refractivity contribution is 5.95. The number of ether oxygens (including phenoxy) is 2. The van der Waals surface area contributed by atoms with Crippen LogP contribution in [0.15, 0.2) is 18.2 Å². The normalized spacial score (nSPS) is 14.8. The fourth-order valence-electron chi connectivity index (χ4n) is 2.66. The van der Waals surface area contributed by atoms with Gasteiger partial charge < -0.3 is 25.0 Å². The average molecular weight is 349 g/mol. The van der Waals surface area contributed by atoms with Crippen molar-refractivity contribution in [2.75, 3.05) is 39.9 Å². The number of nitrogens with zero attached hydrogens (tertiary/aromatic N) is 1. The Morgan fingerprint density at radius 1 is 1.24 bits per heavy atom. The van der Waals surface area contributed by atoms with Crippen LogP contribution >= 0.6 is 0 Å². The Morgan fingerprint density at radius 2 is 2.04 bits per heavy atom. The van der Waals surface area contributed by atoms with E-state index in [9.17, 15) is 9.59 Å². The number of amides is 2. The molecule has 1 saturated heterocycles. The van der Waals surface area contributed by atoms with E-state index in [1.54, 1.807) is 18.2 Å². The SMILES string of the molecule is COc1cc(C(=O)N2CCCNCC2)ccc1OCC(=O)NC(C)C. The zero-order valence-electron chi connectivity index (χ0n) is 15.1. The van der Waals surface area contributed by atoms with Gasteiger partial charge in [0, 0.05) is 31.2 Å². The first-order valence-corrected chi connectivity index (χ1v) is 8.61. The summed E-state index contributed by atoms with van der Waals surface area (Å²) >= 11 is 0. The van der Waals surface area contributed by atoms with Crippen molar-refractivity contribution < 1.29 is 19.1 Å². The maximum Gasteiger partial charge on any atom is 0.258 e. The van der Waals surface area contributed by atoms with Gasteiger partial charge in [0.1, 0.15) is 0 Å². The maximum atomic E-state index is 12.7. The molecule has 0 spiro atoms. The van der Waals surface area contributed by atoms with Crippen molar-refractivity contribution in [1.29, 1.82) is 0 Å². The Bertz CT molecular complexity index is 596. The van der Waals surface area contributed by atoms with Crippen LogP contribution in [0.25, 0.3) is 0 Å². The molecule has 2 amide bonds. The lowest BCUT2D eigenvalue weighted by Crippen LogP contribution is -2.34. The van der Waals surface area contributed by atoms with Crippen LogP contribution in [0.2, 0.25) is 0 Å². The molecule has 2 N–H and O–H groups in total. The molecule has 2 rings (SSSR count). The summed E-state index contributed by atoms with van der Waals surface area (Å²) in [5.41, 5.74) is 0.553. The number of methoxy groups -OCH3 is 1. The minimum absolute atomic E-state index is 0.0221. The van der Waals surface area contributed by atoms with Crippen LogP contribution in [0.5, 0.6) is 11.5 Å². The van der Waals surface area contributed by atoms with Crippen LogP contribution in [0.1, 0.15) is 30.6 Å². The molecule has 0 aliphatic carbocycles. The second kappa shape index (κ2) is 9.27. The van der Waals surface area contributed by atoms with Crippen molar-refractivity contribution in [2.45, 2.75) is 26.3 Å². The highest BCUT2D eigenvalue weighted by Crippen LogP contribution is 2.28. The van der Waals surface area contributed by atoms with Crippen LogP contribution in [0.4, 0.5) is 0 Å². The first-order valence-electron chi connectivity index (χ1n) is 8.61. The van der Waals surface area contributed by atoms with E-state index >= 15 is 0 Å². The Kier molecular flexibility index (Phi) is 7.06. The molecule has 0 saturated carbocycles. The third-order valence-electron chi connectivity index (χ3n) is 3.85. The van der Waals surface area contributed by atoms with Crippen LogP contribution in [-0.2, 0) is 4.79 Å². The lowest BCUT2D eigenvalue weighted by Gasteiger charge is -2.20. The van der Waals surface area contributed by atoms with Gasteiger partial charge in [-0.15, -0.1) is 0 Å². The molecule has 138 valence electrons. The van der Waals surface area contributed by atoms with E-state index in [0.717, 1.165) is 26.1 Å². The van der Waals surface area contributed by atoms with E-state index in [1.165, 1.54) is 7.11 Å². The molecule has 7 nitrogen and oxygen atoms in total. The molecule has 1 heterocycles. The van der Waals surface area contributed by atoms with Crippen molar-refractivity contribution in [3.63, 3.8) is 0 Å². The standard InChI is InChI=1S/C18H27N3O4/c1-13(2)20-17(22)12-25-15-6-5-14(11-16(15)24-3)18(23)21-9-4-7-19-8-10-21/h5-6,11,13,19H,4,7-10,12H2,1-3H3,(H,20,22). The van der Waals surface area contributed by atoms with Crippen LogP contribution < -0.4 is 20.1 Å². The number of rotatable bonds is 6. The van der Waals surface area contributed by atoms with Gasteiger partial charge in [-0.1, -0.05) is 0 Å². The first kappa shape index (κ1) is 19.1. The zero-order valence-corrected chi connectivity index (χ0v) is 15.1. The number of benzene rings is 1. The minimum atomic E-state index is -0.200. The molecule has 0 atom stereocenters. The molecule has 0 aromatic heterocycles. The summed E-state index contributed by atoms with van der Waals surface area (Å²) in [5, 5.41) is 6.04. The Morgan fingerprint density at radius 3 is 2.76 bits per heavy atom. The van der Waals surface area contributed by atoms with Gasteiger partial charge in [-0.05, 0) is 45.0 Å². The predicted molar refractivity (Wildman–Crippen MR) is 95.2 cm³/mol. The zero-order chi connectivity index (χ0) is 18.2. The maximum absolute atomic E-state index is 12.7. The molecule has 0 bridgehead atoms. The summed E-state index contributed by atoms with van der Waals surface area (Å²) < 4.78 is 10.8. The van der Waals surface area contributed by atoms with Crippen LogP contribution in [-0.4, -0.2) is 62.7 Å². The third kappa shape index (κ3) is 5.63. The quantitative estimate of drug-likeness (QED) is 0.802. The van der Waals surface area contributed by atoms with E-state index in [1.807, 2.05) is 18.7 Å². The Balaban J connectivity index is 2.04. The molecular formula is C18H27N3O4. The summed E-state index contributed by atoms with van der Waals surface area (Å²) in [6.07, 6.45) is 0.940. The summed E-state index contributed by atoms with van der Waals surface area (Å²) in [4.78, 5) is 26.2. The Hall–Kier alpha value is -2.28. The number of nitrogens with one attached hydrogen (secondary N) is 2. The number of hydrogen-bond acceptors (Lipinski definition) is 5. The first-order chi connectivity index (χ1) is 12.0. The largest absolute Gasteiger partial charge is 0.493 e. The monoisotopic (exact) mass is 349 g/mol. The van der Waals surface area contributed by atoms with E-state index in [2.05, 4.69) is 10.6 Å². The summed E-state index contributed by atoms with van der Waals surface area (Å²) in [6, 6.07) is 5.10. The molecule has 7 heteroatoms. The van der Waals surface area contributed by atoms with Crippen molar-refractivity contribution in [1.82, 2.24) is 15.5 Å². The number of hydrogen-bond donors (Lipinski definition) is 2. The second-order valence-electron chi connectivity index (χ2n) is 6.27. The fourth-order valence-corrected chi connectivity index (χ4v) is 2.66. The lowest BCUT2D eigenvalue weighted by molar-refractivity contribution is -0.123. The van der Waals surface area contributed by atoms with Gasteiger partial charge in [0.05, 0.1) is 7.11 Å².